The van der Waals surface area contributed by atoms with E-state index in [2.05, 4.69) is 43.2 Å². The van der Waals surface area contributed by atoms with E-state index in [4.69, 9.17) is 4.74 Å². The van der Waals surface area contributed by atoms with Gasteiger partial charge in [-0.2, -0.15) is 0 Å². The van der Waals surface area contributed by atoms with Gasteiger partial charge in [0, 0.05) is 24.2 Å². The highest BCUT2D eigenvalue weighted by molar-refractivity contribution is 6.01. The van der Waals surface area contributed by atoms with Crippen molar-refractivity contribution in [3.05, 3.63) is 65.4 Å². The van der Waals surface area contributed by atoms with Crippen LogP contribution in [0.1, 0.15) is 52.1 Å². The van der Waals surface area contributed by atoms with Gasteiger partial charge >= 0.3 is 0 Å². The fourth-order valence-corrected chi connectivity index (χ4v) is 4.89. The molecule has 180 valence electrons. The van der Waals surface area contributed by atoms with E-state index in [-0.39, 0.29) is 29.7 Å². The number of benzene rings is 2. The van der Waals surface area contributed by atoms with E-state index in [0.717, 1.165) is 40.4 Å². The minimum Gasteiger partial charge on any atom is -0.497 e. The van der Waals surface area contributed by atoms with Crippen molar-refractivity contribution in [2.24, 2.45) is 11.3 Å². The molecule has 0 saturated carbocycles. The monoisotopic (exact) mass is 461 g/mol. The summed E-state index contributed by atoms with van der Waals surface area (Å²) in [5.74, 6) is 1.17. The van der Waals surface area contributed by atoms with Crippen molar-refractivity contribution < 1.29 is 14.3 Å². The fraction of sp³-hybridized carbons (Fsp3) is 0.429. The highest BCUT2D eigenvalue weighted by Gasteiger charge is 2.41. The highest BCUT2D eigenvalue weighted by Crippen LogP contribution is 2.48. The first-order valence-electron chi connectivity index (χ1n) is 12.0. The molecule has 0 aromatic heterocycles. The second-order valence-corrected chi connectivity index (χ2v) is 10.5. The van der Waals surface area contributed by atoms with Crippen molar-refractivity contribution >= 4 is 23.1 Å². The number of hydrogen-bond acceptors (Lipinski definition) is 5. The predicted octanol–water partition coefficient (Wildman–Crippen LogP) is 5.08. The number of ketones is 1. The smallest absolute Gasteiger partial charge is 0.239 e. The van der Waals surface area contributed by atoms with E-state index in [1.165, 1.54) is 0 Å². The first-order chi connectivity index (χ1) is 16.2. The number of anilines is 2. The Morgan fingerprint density at radius 1 is 1.15 bits per heavy atom. The van der Waals surface area contributed by atoms with Crippen molar-refractivity contribution in [2.75, 3.05) is 30.4 Å². The molecular formula is C28H35N3O3. The van der Waals surface area contributed by atoms with Crippen LogP contribution in [0.2, 0.25) is 0 Å². The number of nitrogens with zero attached hydrogens (tertiary/aromatic N) is 1. The molecule has 4 rings (SSSR count). The molecule has 1 aliphatic heterocycles. The van der Waals surface area contributed by atoms with E-state index < -0.39 is 0 Å². The van der Waals surface area contributed by atoms with Gasteiger partial charge in [0.15, 0.2) is 5.78 Å². The number of fused-ring (bicyclic) bond motifs is 1. The summed E-state index contributed by atoms with van der Waals surface area (Å²) in [5.41, 5.74) is 4.33. The first kappa shape index (κ1) is 23.9. The molecule has 0 spiro atoms. The minimum absolute atomic E-state index is 0.0605. The van der Waals surface area contributed by atoms with E-state index in [9.17, 15) is 9.59 Å². The van der Waals surface area contributed by atoms with Gasteiger partial charge in [-0.1, -0.05) is 52.0 Å². The molecule has 6 nitrogen and oxygen atoms in total. The van der Waals surface area contributed by atoms with Crippen LogP contribution in [-0.2, 0) is 9.59 Å². The number of nitrogens with one attached hydrogen (secondary N) is 2. The summed E-state index contributed by atoms with van der Waals surface area (Å²) < 4.78 is 5.37. The number of methoxy groups -OCH3 is 1. The average Bonchev–Trinajstić information content (AvgIpc) is 2.91. The van der Waals surface area contributed by atoms with Crippen LogP contribution >= 0.6 is 0 Å². The zero-order chi connectivity index (χ0) is 24.5. The van der Waals surface area contributed by atoms with Crippen LogP contribution < -0.4 is 20.3 Å². The van der Waals surface area contributed by atoms with Gasteiger partial charge in [0.25, 0.3) is 0 Å². The van der Waals surface area contributed by atoms with Gasteiger partial charge in [0.2, 0.25) is 5.91 Å². The van der Waals surface area contributed by atoms with E-state index in [0.29, 0.717) is 18.9 Å². The number of carbonyl (C=O) groups is 2. The van der Waals surface area contributed by atoms with Crippen molar-refractivity contribution in [3.63, 3.8) is 0 Å². The lowest BCUT2D eigenvalue weighted by Crippen LogP contribution is -2.42. The molecule has 1 amide bonds. The molecule has 0 fully saturated rings. The SMILES string of the molecule is COc1ccc(C2C3=C(CC(C)(C)CC3=O)Nc3ccccc3N2CC(=O)NCC(C)C)cc1. The fourth-order valence-electron chi connectivity index (χ4n) is 4.89. The van der Waals surface area contributed by atoms with Crippen LogP contribution in [0.25, 0.3) is 0 Å². The third-order valence-electron chi connectivity index (χ3n) is 6.46. The average molecular weight is 462 g/mol. The van der Waals surface area contributed by atoms with Gasteiger partial charge in [-0.3, -0.25) is 9.59 Å². The van der Waals surface area contributed by atoms with Gasteiger partial charge < -0.3 is 20.3 Å². The first-order valence-corrected chi connectivity index (χ1v) is 12.0. The Kier molecular flexibility index (Phi) is 6.69. The topological polar surface area (TPSA) is 70.7 Å². The second kappa shape index (κ2) is 9.53. The molecule has 0 bridgehead atoms. The summed E-state index contributed by atoms with van der Waals surface area (Å²) in [6.45, 7) is 9.17. The molecule has 34 heavy (non-hydrogen) atoms. The van der Waals surface area contributed by atoms with Gasteiger partial charge in [-0.15, -0.1) is 0 Å². The quantitative estimate of drug-likeness (QED) is 0.628. The van der Waals surface area contributed by atoms with Crippen LogP contribution in [0.15, 0.2) is 59.8 Å². The molecule has 1 aliphatic carbocycles. The predicted molar refractivity (Wildman–Crippen MR) is 136 cm³/mol. The van der Waals surface area contributed by atoms with E-state index >= 15 is 0 Å². The molecule has 2 aromatic carbocycles. The molecule has 1 heterocycles. The Morgan fingerprint density at radius 2 is 1.85 bits per heavy atom. The number of Topliss-reactive ketones (excluding diaryl/α,β-unsaturated/α-hetero) is 1. The summed E-state index contributed by atoms with van der Waals surface area (Å²) in [6, 6.07) is 15.4. The molecule has 1 unspecified atom stereocenters. The summed E-state index contributed by atoms with van der Waals surface area (Å²) in [5, 5.41) is 6.63. The number of amides is 1. The summed E-state index contributed by atoms with van der Waals surface area (Å²) >= 11 is 0. The lowest BCUT2D eigenvalue weighted by molar-refractivity contribution is -0.120. The number of allylic oxidation sites excluding steroid dienone is 1. The third-order valence-corrected chi connectivity index (χ3v) is 6.46. The summed E-state index contributed by atoms with van der Waals surface area (Å²) in [7, 11) is 1.64. The molecular weight excluding hydrogens is 426 g/mol. The normalized spacial score (nSPS) is 19.2. The Hall–Kier alpha value is -3.28. The molecule has 0 saturated heterocycles. The molecule has 2 N–H and O–H groups in total. The third kappa shape index (κ3) is 4.96. The Bertz CT molecular complexity index is 1100. The number of ether oxygens (including phenoxy) is 1. The van der Waals surface area contributed by atoms with Crippen LogP contribution in [0.3, 0.4) is 0 Å². The van der Waals surface area contributed by atoms with Crippen LogP contribution in [0.5, 0.6) is 5.75 Å². The number of para-hydroxylation sites is 2. The van der Waals surface area contributed by atoms with E-state index in [1.54, 1.807) is 7.11 Å². The summed E-state index contributed by atoms with van der Waals surface area (Å²) in [6.07, 6.45) is 1.24. The zero-order valence-corrected chi connectivity index (χ0v) is 20.8. The maximum absolute atomic E-state index is 13.7. The Labute approximate surface area is 202 Å². The minimum atomic E-state index is -0.384. The van der Waals surface area contributed by atoms with Gasteiger partial charge in [0.1, 0.15) is 5.75 Å². The maximum atomic E-state index is 13.7. The maximum Gasteiger partial charge on any atom is 0.239 e. The van der Waals surface area contributed by atoms with Crippen LogP contribution in [-0.4, -0.2) is 31.9 Å². The number of carbonyl (C=O) groups excluding carboxylic acids is 2. The van der Waals surface area contributed by atoms with Crippen molar-refractivity contribution in [2.45, 2.75) is 46.6 Å². The Balaban J connectivity index is 1.87. The summed E-state index contributed by atoms with van der Waals surface area (Å²) in [4.78, 5) is 28.8. The lowest BCUT2D eigenvalue weighted by Gasteiger charge is -2.38. The molecule has 1 atom stereocenters. The molecule has 2 aromatic rings. The van der Waals surface area contributed by atoms with Gasteiger partial charge in [-0.25, -0.2) is 0 Å². The lowest BCUT2D eigenvalue weighted by atomic mass is 9.73. The van der Waals surface area contributed by atoms with Crippen molar-refractivity contribution in [1.29, 1.82) is 0 Å². The zero-order valence-electron chi connectivity index (χ0n) is 20.8. The number of rotatable bonds is 6. The molecule has 2 aliphatic rings. The van der Waals surface area contributed by atoms with Gasteiger partial charge in [-0.05, 0) is 47.6 Å². The highest BCUT2D eigenvalue weighted by atomic mass is 16.5. The van der Waals surface area contributed by atoms with Crippen molar-refractivity contribution in [3.8, 4) is 5.75 Å². The van der Waals surface area contributed by atoms with Crippen LogP contribution in [0.4, 0.5) is 11.4 Å². The number of hydrogen-bond donors (Lipinski definition) is 2. The second-order valence-electron chi connectivity index (χ2n) is 10.5. The molecule has 6 heteroatoms. The van der Waals surface area contributed by atoms with Gasteiger partial charge in [0.05, 0.1) is 31.1 Å². The Morgan fingerprint density at radius 3 is 2.53 bits per heavy atom. The van der Waals surface area contributed by atoms with Crippen molar-refractivity contribution in [1.82, 2.24) is 5.32 Å². The van der Waals surface area contributed by atoms with E-state index in [1.807, 2.05) is 48.5 Å². The van der Waals surface area contributed by atoms with Crippen LogP contribution in [0, 0.1) is 11.3 Å². The standard InChI is InChI=1S/C28H35N3O3/c1-18(2)16-29-25(33)17-31-23-9-7-6-8-21(23)30-22-14-28(3,4)15-24(32)26(22)27(31)19-10-12-20(34-5)13-11-19/h6-13,18,27,30H,14-17H2,1-5H3,(H,29,33). The molecule has 0 radical (unpaired) electrons. The largest absolute Gasteiger partial charge is 0.497 e.